The molecule has 0 saturated heterocycles. The molecule has 0 atom stereocenters. The number of benzene rings is 5. The summed E-state index contributed by atoms with van der Waals surface area (Å²) in [7, 11) is 0. The second kappa shape index (κ2) is 7.94. The lowest BCUT2D eigenvalue weighted by atomic mass is 9.35. The molecule has 5 aromatic rings. The fourth-order valence-electron chi connectivity index (χ4n) is 5.46. The van der Waals surface area contributed by atoms with E-state index in [1.54, 1.807) is 0 Å². The van der Waals surface area contributed by atoms with Gasteiger partial charge in [-0.3, -0.25) is 0 Å². The van der Waals surface area contributed by atoms with Gasteiger partial charge in [-0.25, -0.2) is 0 Å². The summed E-state index contributed by atoms with van der Waals surface area (Å²) in [5, 5.41) is 9.89. The molecule has 5 aromatic carbocycles. The van der Waals surface area contributed by atoms with Gasteiger partial charge in [0.25, 0.3) is 0 Å². The molecule has 7 rings (SSSR count). The molecule has 0 aromatic heterocycles. The maximum Gasteiger partial charge on any atom is 0.249 e. The first kappa shape index (κ1) is 20.2. The van der Waals surface area contributed by atoms with E-state index in [9.17, 15) is 5.26 Å². The van der Waals surface area contributed by atoms with Gasteiger partial charge in [0.2, 0.25) is 6.71 Å². The van der Waals surface area contributed by atoms with Crippen molar-refractivity contribution in [3.8, 4) is 17.2 Å². The van der Waals surface area contributed by atoms with E-state index in [2.05, 4.69) is 95.9 Å². The summed E-state index contributed by atoms with van der Waals surface area (Å²) in [6.45, 7) is 0.193. The topological polar surface area (TPSA) is 27.0 Å². The maximum atomic E-state index is 9.89. The van der Waals surface area contributed by atoms with E-state index in [0.717, 1.165) is 22.5 Å². The zero-order chi connectivity index (χ0) is 23.4. The Labute approximate surface area is 209 Å². The number of para-hydroxylation sites is 1. The highest BCUT2D eigenvalue weighted by molar-refractivity contribution is 8.00. The maximum absolute atomic E-state index is 9.89. The third-order valence-electron chi connectivity index (χ3n) is 6.92. The molecule has 0 N–H and O–H groups in total. The van der Waals surface area contributed by atoms with Crippen LogP contribution >= 0.6 is 11.8 Å². The molecule has 162 valence electrons. The number of rotatable bonds is 2. The molecule has 0 saturated carbocycles. The van der Waals surface area contributed by atoms with Gasteiger partial charge in [0.15, 0.2) is 0 Å². The lowest BCUT2D eigenvalue weighted by Crippen LogP contribution is -2.59. The van der Waals surface area contributed by atoms with Crippen LogP contribution in [-0.4, -0.2) is 6.71 Å². The summed E-state index contributed by atoms with van der Waals surface area (Å²) in [5.74, 6) is 0. The van der Waals surface area contributed by atoms with E-state index in [1.807, 2.05) is 42.1 Å². The van der Waals surface area contributed by atoms with Crippen molar-refractivity contribution < 1.29 is 0 Å². The molecule has 2 aliphatic heterocycles. The number of nitrogens with zero attached hydrogens (tertiary/aromatic N) is 2. The molecule has 0 radical (unpaired) electrons. The number of hydrogen-bond donors (Lipinski definition) is 0. The molecule has 2 nitrogen and oxygen atoms in total. The van der Waals surface area contributed by atoms with Crippen LogP contribution in [0.1, 0.15) is 5.56 Å². The highest BCUT2D eigenvalue weighted by Crippen LogP contribution is 2.42. The summed E-state index contributed by atoms with van der Waals surface area (Å²) in [5.41, 5.74) is 10.2. The van der Waals surface area contributed by atoms with Crippen LogP contribution in [0, 0.1) is 11.3 Å². The van der Waals surface area contributed by atoms with Crippen molar-refractivity contribution >= 4 is 51.9 Å². The van der Waals surface area contributed by atoms with Crippen LogP contribution in [0.4, 0.5) is 17.1 Å². The number of anilines is 3. The SMILES string of the molecule is N#Cc1cc(-c2ccccc2)cc(N2c3ccccc3B3c4ccccc4Sc4cccc2c43)c1. The molecule has 0 unspecified atom stereocenters. The van der Waals surface area contributed by atoms with Crippen molar-refractivity contribution in [2.75, 3.05) is 4.90 Å². The largest absolute Gasteiger partial charge is 0.311 e. The van der Waals surface area contributed by atoms with E-state index in [0.29, 0.717) is 5.56 Å². The number of nitriles is 1. The third kappa shape index (κ3) is 3.13. The van der Waals surface area contributed by atoms with Crippen molar-refractivity contribution in [1.82, 2.24) is 0 Å². The van der Waals surface area contributed by atoms with E-state index in [4.69, 9.17) is 0 Å². The molecule has 0 spiro atoms. The average molecular weight is 462 g/mol. The first-order valence-corrected chi connectivity index (χ1v) is 12.5. The summed E-state index contributed by atoms with van der Waals surface area (Å²) in [6, 6.07) is 42.9. The minimum atomic E-state index is 0.193. The van der Waals surface area contributed by atoms with E-state index >= 15 is 0 Å². The lowest BCUT2D eigenvalue weighted by Gasteiger charge is -2.40. The van der Waals surface area contributed by atoms with Gasteiger partial charge in [0.1, 0.15) is 0 Å². The van der Waals surface area contributed by atoms with E-state index < -0.39 is 0 Å². The van der Waals surface area contributed by atoms with Crippen LogP contribution < -0.4 is 21.3 Å². The van der Waals surface area contributed by atoms with Gasteiger partial charge in [-0.05, 0) is 64.5 Å². The molecule has 0 amide bonds. The van der Waals surface area contributed by atoms with Gasteiger partial charge >= 0.3 is 0 Å². The van der Waals surface area contributed by atoms with Gasteiger partial charge in [-0.15, -0.1) is 0 Å². The quantitative estimate of drug-likeness (QED) is 0.296. The highest BCUT2D eigenvalue weighted by Gasteiger charge is 2.40. The first-order chi connectivity index (χ1) is 17.3. The van der Waals surface area contributed by atoms with Crippen molar-refractivity contribution in [2.45, 2.75) is 9.79 Å². The molecule has 2 aliphatic rings. The Morgan fingerprint density at radius 2 is 1.34 bits per heavy atom. The van der Waals surface area contributed by atoms with Gasteiger partial charge in [0, 0.05) is 26.9 Å². The standard InChI is InChI=1S/C31H19BN2S/c33-20-21-17-23(22-9-2-1-3-10-22)19-24(18-21)34-27-13-6-4-11-25(27)32-26-12-5-7-15-29(26)35-30-16-8-14-28(34)31(30)32/h1-19H. The summed E-state index contributed by atoms with van der Waals surface area (Å²) in [6.07, 6.45) is 0. The zero-order valence-corrected chi connectivity index (χ0v) is 19.7. The monoisotopic (exact) mass is 462 g/mol. The molecule has 4 heteroatoms. The zero-order valence-electron chi connectivity index (χ0n) is 18.8. The van der Waals surface area contributed by atoms with Crippen LogP contribution in [0.15, 0.2) is 125 Å². The van der Waals surface area contributed by atoms with Crippen molar-refractivity contribution in [3.63, 3.8) is 0 Å². The van der Waals surface area contributed by atoms with Gasteiger partial charge in [-0.2, -0.15) is 5.26 Å². The number of fused-ring (bicyclic) bond motifs is 4. The summed E-state index contributed by atoms with van der Waals surface area (Å²) >= 11 is 1.85. The molecule has 2 heterocycles. The second-order valence-electron chi connectivity index (χ2n) is 8.90. The molecular formula is C31H19BN2S. The number of hydrogen-bond acceptors (Lipinski definition) is 3. The molecule has 35 heavy (non-hydrogen) atoms. The second-order valence-corrected chi connectivity index (χ2v) is 9.99. The Kier molecular flexibility index (Phi) is 4.58. The Bertz CT molecular complexity index is 1660. The summed E-state index contributed by atoms with van der Waals surface area (Å²) in [4.78, 5) is 4.96. The third-order valence-corrected chi connectivity index (χ3v) is 8.09. The highest BCUT2D eigenvalue weighted by atomic mass is 32.2. The fourth-order valence-corrected chi connectivity index (χ4v) is 6.63. The Hall–Kier alpha value is -4.20. The van der Waals surface area contributed by atoms with Crippen LogP contribution in [0.5, 0.6) is 0 Å². The molecule has 0 aliphatic carbocycles. The minimum Gasteiger partial charge on any atom is -0.311 e. The van der Waals surface area contributed by atoms with Crippen molar-refractivity contribution in [1.29, 1.82) is 5.26 Å². The Morgan fingerprint density at radius 1 is 0.629 bits per heavy atom. The van der Waals surface area contributed by atoms with Gasteiger partial charge < -0.3 is 4.90 Å². The first-order valence-electron chi connectivity index (χ1n) is 11.7. The van der Waals surface area contributed by atoms with Crippen molar-refractivity contribution in [2.24, 2.45) is 0 Å². The normalized spacial score (nSPS) is 12.9. The Balaban J connectivity index is 1.51. The smallest absolute Gasteiger partial charge is 0.249 e. The van der Waals surface area contributed by atoms with Crippen LogP contribution in [0.2, 0.25) is 0 Å². The van der Waals surface area contributed by atoms with Crippen LogP contribution in [-0.2, 0) is 0 Å². The van der Waals surface area contributed by atoms with Crippen LogP contribution in [0.3, 0.4) is 0 Å². The minimum absolute atomic E-state index is 0.193. The fraction of sp³-hybridized carbons (Fsp3) is 0. The predicted molar refractivity (Wildman–Crippen MR) is 146 cm³/mol. The average Bonchev–Trinajstić information content (AvgIpc) is 2.93. The lowest BCUT2D eigenvalue weighted by molar-refractivity contribution is 1.26. The van der Waals surface area contributed by atoms with E-state index in [-0.39, 0.29) is 6.71 Å². The van der Waals surface area contributed by atoms with Crippen LogP contribution in [0.25, 0.3) is 11.1 Å². The molecule has 0 fully saturated rings. The van der Waals surface area contributed by atoms with E-state index in [1.165, 1.54) is 31.9 Å². The molecule has 0 bridgehead atoms. The summed E-state index contributed by atoms with van der Waals surface area (Å²) < 4.78 is 0. The molecular weight excluding hydrogens is 443 g/mol. The Morgan fingerprint density at radius 3 is 2.20 bits per heavy atom. The predicted octanol–water partition coefficient (Wildman–Crippen LogP) is 5.99. The van der Waals surface area contributed by atoms with Gasteiger partial charge in [-0.1, -0.05) is 90.0 Å². The van der Waals surface area contributed by atoms with Gasteiger partial charge in [0.05, 0.1) is 11.6 Å². The van der Waals surface area contributed by atoms with Crippen molar-refractivity contribution in [3.05, 3.63) is 121 Å².